The summed E-state index contributed by atoms with van der Waals surface area (Å²) in [6.45, 7) is 3.94. The molecule has 1 aromatic carbocycles. The van der Waals surface area contributed by atoms with Gasteiger partial charge in [0.15, 0.2) is 0 Å². The lowest BCUT2D eigenvalue weighted by Gasteiger charge is -2.00. The minimum absolute atomic E-state index is 0.0197. The average molecular weight is 268 g/mol. The SMILES string of the molecule is CCOC(=O)/C(C#N)=C/c1c(C)n(C)c2ccccc12. The highest BCUT2D eigenvalue weighted by Crippen LogP contribution is 2.26. The molecular weight excluding hydrogens is 252 g/mol. The van der Waals surface area contributed by atoms with Gasteiger partial charge in [-0.05, 0) is 26.0 Å². The van der Waals surface area contributed by atoms with Crippen LogP contribution in [0.3, 0.4) is 0 Å². The molecule has 4 heteroatoms. The number of ether oxygens (including phenoxy) is 1. The lowest BCUT2D eigenvalue weighted by Crippen LogP contribution is -2.06. The summed E-state index contributed by atoms with van der Waals surface area (Å²) in [6.07, 6.45) is 1.61. The van der Waals surface area contributed by atoms with Crippen molar-refractivity contribution in [2.24, 2.45) is 7.05 Å². The number of hydrogen-bond donors (Lipinski definition) is 0. The Hall–Kier alpha value is -2.54. The maximum atomic E-state index is 11.7. The molecule has 1 aromatic heterocycles. The molecule has 0 aliphatic carbocycles. The van der Waals surface area contributed by atoms with Gasteiger partial charge < -0.3 is 9.30 Å². The third kappa shape index (κ3) is 2.30. The first-order valence-corrected chi connectivity index (χ1v) is 6.43. The van der Waals surface area contributed by atoms with Gasteiger partial charge in [-0.15, -0.1) is 0 Å². The summed E-state index contributed by atoms with van der Waals surface area (Å²) in [7, 11) is 1.96. The fourth-order valence-electron chi connectivity index (χ4n) is 2.22. The van der Waals surface area contributed by atoms with Crippen molar-refractivity contribution in [2.45, 2.75) is 13.8 Å². The average Bonchev–Trinajstić information content (AvgIpc) is 2.69. The number of hydrogen-bond acceptors (Lipinski definition) is 3. The van der Waals surface area contributed by atoms with Crippen molar-refractivity contribution in [1.29, 1.82) is 5.26 Å². The number of benzene rings is 1. The first-order chi connectivity index (χ1) is 9.60. The van der Waals surface area contributed by atoms with Crippen LogP contribution in [-0.4, -0.2) is 17.1 Å². The zero-order valence-electron chi connectivity index (χ0n) is 11.8. The Kier molecular flexibility index (Phi) is 3.90. The molecular formula is C16H16N2O2. The summed E-state index contributed by atoms with van der Waals surface area (Å²) in [4.78, 5) is 11.7. The van der Waals surface area contributed by atoms with E-state index in [4.69, 9.17) is 10.00 Å². The summed E-state index contributed by atoms with van der Waals surface area (Å²) >= 11 is 0. The van der Waals surface area contributed by atoms with Gasteiger partial charge in [0.05, 0.1) is 6.61 Å². The van der Waals surface area contributed by atoms with Crippen LogP contribution in [0.4, 0.5) is 0 Å². The highest BCUT2D eigenvalue weighted by molar-refractivity contribution is 6.01. The fourth-order valence-corrected chi connectivity index (χ4v) is 2.22. The molecule has 4 nitrogen and oxygen atoms in total. The molecule has 0 fully saturated rings. The number of carbonyl (C=O) groups is 1. The largest absolute Gasteiger partial charge is 0.462 e. The highest BCUT2D eigenvalue weighted by Gasteiger charge is 2.14. The van der Waals surface area contributed by atoms with Crippen LogP contribution in [-0.2, 0) is 16.6 Å². The Morgan fingerprint density at radius 1 is 1.45 bits per heavy atom. The number of rotatable bonds is 3. The lowest BCUT2D eigenvalue weighted by atomic mass is 10.1. The van der Waals surface area contributed by atoms with Crippen LogP contribution in [0.2, 0.25) is 0 Å². The summed E-state index contributed by atoms with van der Waals surface area (Å²) in [5.41, 5.74) is 2.97. The van der Waals surface area contributed by atoms with Crippen molar-refractivity contribution >= 4 is 22.9 Å². The maximum absolute atomic E-state index is 11.7. The second kappa shape index (κ2) is 5.62. The van der Waals surface area contributed by atoms with Gasteiger partial charge in [-0.1, -0.05) is 18.2 Å². The van der Waals surface area contributed by atoms with E-state index in [0.717, 1.165) is 22.2 Å². The highest BCUT2D eigenvalue weighted by atomic mass is 16.5. The third-order valence-electron chi connectivity index (χ3n) is 3.35. The van der Waals surface area contributed by atoms with Gasteiger partial charge in [-0.3, -0.25) is 0 Å². The van der Waals surface area contributed by atoms with Crippen molar-refractivity contribution in [1.82, 2.24) is 4.57 Å². The first-order valence-electron chi connectivity index (χ1n) is 6.43. The standard InChI is InChI=1S/C16H16N2O2/c1-4-20-16(19)12(10-17)9-14-11(2)18(3)15-8-6-5-7-13(14)15/h5-9H,4H2,1-3H3/b12-9+. The van der Waals surface area contributed by atoms with Crippen molar-refractivity contribution < 1.29 is 9.53 Å². The molecule has 20 heavy (non-hydrogen) atoms. The van der Waals surface area contributed by atoms with E-state index in [9.17, 15) is 4.79 Å². The topological polar surface area (TPSA) is 55.0 Å². The smallest absolute Gasteiger partial charge is 0.348 e. The molecule has 0 spiro atoms. The molecule has 0 amide bonds. The summed E-state index contributed by atoms with van der Waals surface area (Å²) in [6, 6.07) is 9.81. The molecule has 0 bridgehead atoms. The second-order valence-electron chi connectivity index (χ2n) is 4.47. The van der Waals surface area contributed by atoms with E-state index in [1.165, 1.54) is 0 Å². The number of aryl methyl sites for hydroxylation is 1. The molecule has 1 heterocycles. The number of carbonyl (C=O) groups excluding carboxylic acids is 1. The van der Waals surface area contributed by atoms with Crippen molar-refractivity contribution in [2.75, 3.05) is 6.61 Å². The zero-order valence-corrected chi connectivity index (χ0v) is 11.8. The predicted octanol–water partition coefficient (Wildman–Crippen LogP) is 2.96. The van der Waals surface area contributed by atoms with E-state index in [1.807, 2.05) is 48.9 Å². The summed E-state index contributed by atoms with van der Waals surface area (Å²) < 4.78 is 6.93. The number of fused-ring (bicyclic) bond motifs is 1. The Morgan fingerprint density at radius 2 is 2.15 bits per heavy atom. The molecule has 102 valence electrons. The number of para-hydroxylation sites is 1. The predicted molar refractivity (Wildman–Crippen MR) is 77.9 cm³/mol. The molecule has 0 atom stereocenters. The van der Waals surface area contributed by atoms with Crippen molar-refractivity contribution in [3.63, 3.8) is 0 Å². The van der Waals surface area contributed by atoms with Gasteiger partial charge in [0.2, 0.25) is 0 Å². The molecule has 2 rings (SSSR count). The van der Waals surface area contributed by atoms with Gasteiger partial charge in [-0.25, -0.2) is 4.79 Å². The van der Waals surface area contributed by atoms with E-state index in [2.05, 4.69) is 0 Å². The van der Waals surface area contributed by atoms with Crippen LogP contribution in [0.1, 0.15) is 18.2 Å². The molecule has 0 N–H and O–H groups in total. The van der Waals surface area contributed by atoms with Crippen LogP contribution >= 0.6 is 0 Å². The molecule has 0 saturated heterocycles. The van der Waals surface area contributed by atoms with Crippen LogP contribution in [0.15, 0.2) is 29.8 Å². The van der Waals surface area contributed by atoms with Crippen LogP contribution in [0.5, 0.6) is 0 Å². The minimum Gasteiger partial charge on any atom is -0.462 e. The van der Waals surface area contributed by atoms with Crippen LogP contribution in [0.25, 0.3) is 17.0 Å². The Labute approximate surface area is 117 Å². The van der Waals surface area contributed by atoms with E-state index in [-0.39, 0.29) is 12.2 Å². The van der Waals surface area contributed by atoms with Gasteiger partial charge in [0.25, 0.3) is 0 Å². The third-order valence-corrected chi connectivity index (χ3v) is 3.35. The number of nitriles is 1. The number of esters is 1. The van der Waals surface area contributed by atoms with Crippen molar-refractivity contribution in [3.05, 3.63) is 41.1 Å². The lowest BCUT2D eigenvalue weighted by molar-refractivity contribution is -0.137. The number of aromatic nitrogens is 1. The van der Waals surface area contributed by atoms with E-state index >= 15 is 0 Å². The summed E-state index contributed by atoms with van der Waals surface area (Å²) in [5.74, 6) is -0.581. The Bertz CT molecular complexity index is 733. The molecule has 0 unspecified atom stereocenters. The second-order valence-corrected chi connectivity index (χ2v) is 4.47. The normalized spacial score (nSPS) is 11.4. The monoisotopic (exact) mass is 268 g/mol. The van der Waals surface area contributed by atoms with E-state index in [1.54, 1.807) is 13.0 Å². The summed E-state index contributed by atoms with van der Waals surface area (Å²) in [5, 5.41) is 10.1. The van der Waals surface area contributed by atoms with Gasteiger partial charge in [0, 0.05) is 29.2 Å². The Balaban J connectivity index is 2.61. The maximum Gasteiger partial charge on any atom is 0.348 e. The number of nitrogens with zero attached hydrogens (tertiary/aromatic N) is 2. The quantitative estimate of drug-likeness (QED) is 0.488. The van der Waals surface area contributed by atoms with E-state index in [0.29, 0.717) is 0 Å². The first kappa shape index (κ1) is 13.9. The van der Waals surface area contributed by atoms with Crippen LogP contribution in [0, 0.1) is 18.3 Å². The molecule has 0 saturated carbocycles. The van der Waals surface area contributed by atoms with Gasteiger partial charge in [0.1, 0.15) is 11.6 Å². The molecule has 0 aliphatic rings. The molecule has 0 radical (unpaired) electrons. The van der Waals surface area contributed by atoms with E-state index < -0.39 is 5.97 Å². The Morgan fingerprint density at radius 3 is 2.80 bits per heavy atom. The molecule has 0 aliphatic heterocycles. The fraction of sp³-hybridized carbons (Fsp3) is 0.250. The molecule has 2 aromatic rings. The zero-order chi connectivity index (χ0) is 14.7. The minimum atomic E-state index is -0.581. The van der Waals surface area contributed by atoms with Gasteiger partial charge >= 0.3 is 5.97 Å². The van der Waals surface area contributed by atoms with Gasteiger partial charge in [-0.2, -0.15) is 5.26 Å². The van der Waals surface area contributed by atoms with Crippen LogP contribution < -0.4 is 0 Å². The van der Waals surface area contributed by atoms with Crippen molar-refractivity contribution in [3.8, 4) is 6.07 Å².